The molecular weight excluding hydrogens is 384 g/mol. The summed E-state index contributed by atoms with van der Waals surface area (Å²) in [4.78, 5) is 25.3. The van der Waals surface area contributed by atoms with E-state index in [9.17, 15) is 14.7 Å². The van der Waals surface area contributed by atoms with Gasteiger partial charge in [-0.3, -0.25) is 9.48 Å². The zero-order chi connectivity index (χ0) is 20.3. The number of rotatable bonds is 5. The van der Waals surface area contributed by atoms with E-state index in [1.807, 2.05) is 19.1 Å². The number of aryl methyl sites for hydroxylation is 2. The molecule has 1 aliphatic heterocycles. The molecule has 1 aromatic carbocycles. The summed E-state index contributed by atoms with van der Waals surface area (Å²) in [6.07, 6.45) is -0.874. The number of carboxylic acid groups (broad SMARTS) is 1. The largest absolute Gasteiger partial charge is 0.465 e. The summed E-state index contributed by atoms with van der Waals surface area (Å²) in [5, 5.41) is 17.1. The van der Waals surface area contributed by atoms with E-state index >= 15 is 0 Å². The van der Waals surface area contributed by atoms with Crippen molar-refractivity contribution in [3.05, 3.63) is 52.3 Å². The second kappa shape index (κ2) is 8.62. The number of ether oxygens (including phenoxy) is 1. The minimum atomic E-state index is -1.00. The van der Waals surface area contributed by atoms with Crippen LogP contribution in [0.15, 0.2) is 30.3 Å². The molecule has 2 amide bonds. The van der Waals surface area contributed by atoms with E-state index in [4.69, 9.17) is 16.3 Å². The van der Waals surface area contributed by atoms with Gasteiger partial charge in [0, 0.05) is 24.3 Å². The van der Waals surface area contributed by atoms with Crippen molar-refractivity contribution in [3.63, 3.8) is 0 Å². The third kappa shape index (κ3) is 4.82. The second-order valence-corrected chi connectivity index (χ2v) is 7.32. The first-order valence-corrected chi connectivity index (χ1v) is 9.35. The number of nitrogens with zero attached hydrogens (tertiary/aromatic N) is 3. The van der Waals surface area contributed by atoms with Crippen molar-refractivity contribution < 1.29 is 19.4 Å². The van der Waals surface area contributed by atoms with Crippen molar-refractivity contribution in [3.8, 4) is 0 Å². The standard InChI is InChI=1S/C19H23ClN4O4/c1-12-7-17(22-23(12)2)18(25)21-9-16-10-24(19(26)27)15(11-28-16)8-13-3-5-14(20)6-4-13/h3-7,15-16H,8-11H2,1-2H3,(H,21,25)(H,26,27)/t15-,16-/m0/s1. The zero-order valence-corrected chi connectivity index (χ0v) is 16.5. The Morgan fingerprint density at radius 2 is 2.07 bits per heavy atom. The topological polar surface area (TPSA) is 96.7 Å². The van der Waals surface area contributed by atoms with Gasteiger partial charge in [0.25, 0.3) is 5.91 Å². The van der Waals surface area contributed by atoms with Gasteiger partial charge in [-0.2, -0.15) is 5.10 Å². The number of morpholine rings is 1. The van der Waals surface area contributed by atoms with Crippen LogP contribution in [0.3, 0.4) is 0 Å². The molecule has 2 heterocycles. The molecule has 2 aromatic rings. The first kappa shape index (κ1) is 20.2. The molecule has 1 aromatic heterocycles. The molecule has 9 heteroatoms. The number of halogens is 1. The summed E-state index contributed by atoms with van der Waals surface area (Å²) < 4.78 is 7.44. The van der Waals surface area contributed by atoms with Crippen LogP contribution in [0.25, 0.3) is 0 Å². The fourth-order valence-electron chi connectivity index (χ4n) is 3.15. The van der Waals surface area contributed by atoms with Crippen LogP contribution in [0.1, 0.15) is 21.7 Å². The quantitative estimate of drug-likeness (QED) is 0.792. The van der Waals surface area contributed by atoms with Crippen LogP contribution in [0, 0.1) is 6.92 Å². The van der Waals surface area contributed by atoms with Crippen LogP contribution in [0.5, 0.6) is 0 Å². The summed E-state index contributed by atoms with van der Waals surface area (Å²) in [5.41, 5.74) is 2.19. The van der Waals surface area contributed by atoms with E-state index in [0.717, 1.165) is 11.3 Å². The smallest absolute Gasteiger partial charge is 0.407 e. The summed E-state index contributed by atoms with van der Waals surface area (Å²) >= 11 is 5.90. The van der Waals surface area contributed by atoms with Crippen molar-refractivity contribution in [2.45, 2.75) is 25.5 Å². The van der Waals surface area contributed by atoms with E-state index in [2.05, 4.69) is 10.4 Å². The molecule has 150 valence electrons. The predicted molar refractivity (Wildman–Crippen MR) is 104 cm³/mol. The molecule has 3 rings (SSSR count). The summed E-state index contributed by atoms with van der Waals surface area (Å²) in [6.45, 7) is 2.53. The molecule has 0 unspecified atom stereocenters. The fraction of sp³-hybridized carbons (Fsp3) is 0.421. The summed E-state index contributed by atoms with van der Waals surface area (Å²) in [6, 6.07) is 8.73. The normalized spacial score (nSPS) is 19.5. The average molecular weight is 407 g/mol. The number of aromatic nitrogens is 2. The van der Waals surface area contributed by atoms with Crippen molar-refractivity contribution in [2.75, 3.05) is 19.7 Å². The molecule has 0 bridgehead atoms. The van der Waals surface area contributed by atoms with Gasteiger partial charge in [-0.15, -0.1) is 0 Å². The SMILES string of the molecule is Cc1cc(C(=O)NC[C@H]2CN(C(=O)O)[C@@H](Cc3ccc(Cl)cc3)CO2)nn1C. The number of carbonyl (C=O) groups excluding carboxylic acids is 1. The highest BCUT2D eigenvalue weighted by atomic mass is 35.5. The van der Waals surface area contributed by atoms with E-state index in [0.29, 0.717) is 17.1 Å². The Morgan fingerprint density at radius 3 is 2.68 bits per heavy atom. The summed E-state index contributed by atoms with van der Waals surface area (Å²) in [7, 11) is 1.77. The Balaban J connectivity index is 1.56. The molecular formula is C19H23ClN4O4. The first-order chi connectivity index (χ1) is 13.3. The third-order valence-corrected chi connectivity index (χ3v) is 5.08. The monoisotopic (exact) mass is 406 g/mol. The van der Waals surface area contributed by atoms with Gasteiger partial charge < -0.3 is 20.1 Å². The maximum absolute atomic E-state index is 12.2. The highest BCUT2D eigenvalue weighted by molar-refractivity contribution is 6.30. The Kier molecular flexibility index (Phi) is 6.21. The second-order valence-electron chi connectivity index (χ2n) is 6.88. The Labute approximate surface area is 168 Å². The van der Waals surface area contributed by atoms with Crippen LogP contribution in [0.2, 0.25) is 5.02 Å². The number of benzene rings is 1. The van der Waals surface area contributed by atoms with Gasteiger partial charge in [0.1, 0.15) is 5.69 Å². The van der Waals surface area contributed by atoms with Crippen molar-refractivity contribution in [1.29, 1.82) is 0 Å². The highest BCUT2D eigenvalue weighted by Crippen LogP contribution is 2.18. The van der Waals surface area contributed by atoms with Gasteiger partial charge in [-0.25, -0.2) is 4.79 Å². The molecule has 8 nitrogen and oxygen atoms in total. The van der Waals surface area contributed by atoms with Crippen LogP contribution in [0.4, 0.5) is 4.79 Å². The van der Waals surface area contributed by atoms with Crippen LogP contribution in [-0.4, -0.2) is 63.6 Å². The Hall–Kier alpha value is -2.58. The highest BCUT2D eigenvalue weighted by Gasteiger charge is 2.32. The molecule has 2 atom stereocenters. The van der Waals surface area contributed by atoms with Crippen LogP contribution in [-0.2, 0) is 18.2 Å². The first-order valence-electron chi connectivity index (χ1n) is 8.98. The molecule has 2 N–H and O–H groups in total. The van der Waals surface area contributed by atoms with Gasteiger partial charge in [-0.1, -0.05) is 23.7 Å². The maximum Gasteiger partial charge on any atom is 0.407 e. The summed E-state index contributed by atoms with van der Waals surface area (Å²) in [5.74, 6) is -0.308. The van der Waals surface area contributed by atoms with E-state index in [1.165, 1.54) is 4.90 Å². The molecule has 1 fully saturated rings. The molecule has 1 aliphatic rings. The molecule has 0 spiro atoms. The maximum atomic E-state index is 12.2. The number of amides is 2. The average Bonchev–Trinajstić information content (AvgIpc) is 3.01. The lowest BCUT2D eigenvalue weighted by Gasteiger charge is -2.38. The molecule has 0 aliphatic carbocycles. The predicted octanol–water partition coefficient (Wildman–Crippen LogP) is 2.10. The third-order valence-electron chi connectivity index (χ3n) is 4.83. The van der Waals surface area contributed by atoms with Gasteiger partial charge in [0.05, 0.1) is 25.3 Å². The minimum absolute atomic E-state index is 0.190. The molecule has 0 radical (unpaired) electrons. The fourth-order valence-corrected chi connectivity index (χ4v) is 3.27. The lowest BCUT2D eigenvalue weighted by Crippen LogP contribution is -2.55. The molecule has 1 saturated heterocycles. The van der Waals surface area contributed by atoms with E-state index < -0.39 is 12.2 Å². The van der Waals surface area contributed by atoms with Gasteiger partial charge >= 0.3 is 6.09 Å². The molecule has 0 saturated carbocycles. The number of hydrogen-bond donors (Lipinski definition) is 2. The van der Waals surface area contributed by atoms with Crippen LogP contribution >= 0.6 is 11.6 Å². The Bertz CT molecular complexity index is 833. The van der Waals surface area contributed by atoms with Gasteiger partial charge in [0.15, 0.2) is 0 Å². The van der Waals surface area contributed by atoms with E-state index in [-0.39, 0.29) is 31.6 Å². The number of nitrogens with one attached hydrogen (secondary N) is 1. The zero-order valence-electron chi connectivity index (χ0n) is 15.8. The van der Waals surface area contributed by atoms with Crippen molar-refractivity contribution >= 4 is 23.6 Å². The Morgan fingerprint density at radius 1 is 1.36 bits per heavy atom. The number of hydrogen-bond acceptors (Lipinski definition) is 4. The lowest BCUT2D eigenvalue weighted by molar-refractivity contribution is -0.0514. The minimum Gasteiger partial charge on any atom is -0.465 e. The molecule has 28 heavy (non-hydrogen) atoms. The lowest BCUT2D eigenvalue weighted by atomic mass is 10.0. The van der Waals surface area contributed by atoms with Crippen molar-refractivity contribution in [2.24, 2.45) is 7.05 Å². The van der Waals surface area contributed by atoms with Gasteiger partial charge in [0.2, 0.25) is 0 Å². The van der Waals surface area contributed by atoms with E-state index in [1.54, 1.807) is 29.9 Å². The number of carbonyl (C=O) groups is 2. The van der Waals surface area contributed by atoms with Crippen LogP contribution < -0.4 is 5.32 Å². The van der Waals surface area contributed by atoms with Gasteiger partial charge in [-0.05, 0) is 37.1 Å². The van der Waals surface area contributed by atoms with Crippen molar-refractivity contribution in [1.82, 2.24) is 20.0 Å².